The first-order valence-electron chi connectivity index (χ1n) is 13.9. The van der Waals surface area contributed by atoms with Gasteiger partial charge in [0, 0.05) is 24.2 Å². The Bertz CT molecular complexity index is 1110. The minimum absolute atomic E-state index is 0.259. The van der Waals surface area contributed by atoms with Gasteiger partial charge in [-0.2, -0.15) is 0 Å². The van der Waals surface area contributed by atoms with Gasteiger partial charge in [0.1, 0.15) is 6.61 Å². The molecule has 5 nitrogen and oxygen atoms in total. The Morgan fingerprint density at radius 2 is 1.81 bits per heavy atom. The summed E-state index contributed by atoms with van der Waals surface area (Å²) in [5, 5.41) is 0. The molecule has 0 saturated carbocycles. The minimum Gasteiger partial charge on any atom is -0.490 e. The summed E-state index contributed by atoms with van der Waals surface area (Å²) < 4.78 is 12.0. The molecule has 0 spiro atoms. The van der Waals surface area contributed by atoms with Crippen LogP contribution in [0.2, 0.25) is 0 Å². The number of rotatable bonds is 6. The lowest BCUT2D eigenvalue weighted by Crippen LogP contribution is -2.66. The molecule has 5 heteroatoms. The van der Waals surface area contributed by atoms with E-state index in [2.05, 4.69) is 28.0 Å². The number of benzene rings is 2. The maximum atomic E-state index is 13.7. The summed E-state index contributed by atoms with van der Waals surface area (Å²) in [5.74, 6) is 3.03. The fourth-order valence-corrected chi connectivity index (χ4v) is 7.27. The van der Waals surface area contributed by atoms with Crippen molar-refractivity contribution in [2.45, 2.75) is 64.1 Å². The minimum atomic E-state index is 0.259. The monoisotopic (exact) mass is 486 g/mol. The molecule has 0 aromatic heterocycles. The molecular formula is C31H38N2O3. The molecule has 0 N–H and O–H groups in total. The average Bonchev–Trinajstić information content (AvgIpc) is 2.91. The van der Waals surface area contributed by atoms with Crippen molar-refractivity contribution in [1.29, 1.82) is 0 Å². The fraction of sp³-hybridized carbons (Fsp3) is 0.516. The van der Waals surface area contributed by atoms with Gasteiger partial charge in [0.2, 0.25) is 5.91 Å². The lowest BCUT2D eigenvalue weighted by molar-refractivity contribution is -0.145. The van der Waals surface area contributed by atoms with Gasteiger partial charge in [-0.05, 0) is 99.7 Å². The highest BCUT2D eigenvalue weighted by molar-refractivity contribution is 5.99. The van der Waals surface area contributed by atoms with Gasteiger partial charge in [0.15, 0.2) is 11.5 Å². The van der Waals surface area contributed by atoms with Gasteiger partial charge in [0.25, 0.3) is 0 Å². The molecular weight excluding hydrogens is 448 g/mol. The van der Waals surface area contributed by atoms with Crippen molar-refractivity contribution < 1.29 is 14.3 Å². The van der Waals surface area contributed by atoms with Crippen LogP contribution in [0.15, 0.2) is 54.1 Å². The van der Waals surface area contributed by atoms with E-state index in [0.717, 1.165) is 47.6 Å². The van der Waals surface area contributed by atoms with Gasteiger partial charge < -0.3 is 14.4 Å². The first kappa shape index (κ1) is 23.6. The highest BCUT2D eigenvalue weighted by Gasteiger charge is 2.51. The third kappa shape index (κ3) is 4.54. The van der Waals surface area contributed by atoms with Gasteiger partial charge in [0.05, 0.1) is 6.61 Å². The molecule has 0 unspecified atom stereocenters. The molecule has 4 heterocycles. The predicted molar refractivity (Wildman–Crippen MR) is 142 cm³/mol. The first-order valence-corrected chi connectivity index (χ1v) is 13.9. The number of carbonyl (C=O) groups is 1. The fourth-order valence-electron chi connectivity index (χ4n) is 7.27. The van der Waals surface area contributed by atoms with Crippen molar-refractivity contribution >= 4 is 12.0 Å². The average molecular weight is 487 g/mol. The van der Waals surface area contributed by atoms with Crippen LogP contribution in [0.4, 0.5) is 0 Å². The largest absolute Gasteiger partial charge is 0.490 e. The standard InChI is InChI=1S/C31H38N2O3/c1-2-35-29-19-23(12-15-28(29)36-21-22-8-4-3-5-9-22)18-24-13-14-27-26-11-7-17-32-16-6-10-25(30(26)32)20-33(27)31(24)34/h3-5,8-9,12,15,18-19,25-27,30H,2,6-7,10-11,13-14,16-17,20-21H2,1H3/b24-18+/t25-,26-,27-,30+/m1/s1. The summed E-state index contributed by atoms with van der Waals surface area (Å²) in [6.45, 7) is 6.51. The second kappa shape index (κ2) is 10.3. The van der Waals surface area contributed by atoms with E-state index >= 15 is 0 Å². The van der Waals surface area contributed by atoms with Gasteiger partial charge in [-0.1, -0.05) is 36.4 Å². The number of fused-ring (bicyclic) bond motifs is 2. The second-order valence-electron chi connectivity index (χ2n) is 10.9. The number of carbonyl (C=O) groups excluding carboxylic acids is 1. The zero-order valence-electron chi connectivity index (χ0n) is 21.4. The van der Waals surface area contributed by atoms with E-state index in [4.69, 9.17) is 9.47 Å². The van der Waals surface area contributed by atoms with Gasteiger partial charge in [-0.3, -0.25) is 9.69 Å². The molecule has 2 aromatic rings. The summed E-state index contributed by atoms with van der Waals surface area (Å²) in [4.78, 5) is 18.7. The molecule has 4 atom stereocenters. The zero-order chi connectivity index (χ0) is 24.5. The number of amides is 1. The van der Waals surface area contributed by atoms with Crippen LogP contribution in [0.3, 0.4) is 0 Å². The van der Waals surface area contributed by atoms with Gasteiger partial charge >= 0.3 is 0 Å². The molecule has 6 rings (SSSR count). The Kier molecular flexibility index (Phi) is 6.75. The van der Waals surface area contributed by atoms with Crippen molar-refractivity contribution in [1.82, 2.24) is 9.80 Å². The Labute approximate surface area is 215 Å². The van der Waals surface area contributed by atoms with E-state index in [1.54, 1.807) is 0 Å². The molecule has 0 bridgehead atoms. The van der Waals surface area contributed by atoms with Crippen LogP contribution in [-0.4, -0.2) is 54.0 Å². The topological polar surface area (TPSA) is 42.0 Å². The molecule has 0 radical (unpaired) electrons. The molecule has 2 aromatic carbocycles. The molecule has 1 amide bonds. The Morgan fingerprint density at radius 3 is 2.64 bits per heavy atom. The summed E-state index contributed by atoms with van der Waals surface area (Å²) >= 11 is 0. The van der Waals surface area contributed by atoms with Crippen LogP contribution < -0.4 is 9.47 Å². The summed E-state index contributed by atoms with van der Waals surface area (Å²) in [6, 6.07) is 17.3. The number of nitrogens with zero attached hydrogens (tertiary/aromatic N) is 2. The van der Waals surface area contributed by atoms with E-state index in [-0.39, 0.29) is 5.91 Å². The smallest absolute Gasteiger partial charge is 0.250 e. The molecule has 4 saturated heterocycles. The van der Waals surface area contributed by atoms with Crippen LogP contribution >= 0.6 is 0 Å². The highest BCUT2D eigenvalue weighted by Crippen LogP contribution is 2.45. The number of hydrogen-bond acceptors (Lipinski definition) is 4. The van der Waals surface area contributed by atoms with Crippen LogP contribution in [0.5, 0.6) is 11.5 Å². The normalized spacial score (nSPS) is 29.0. The lowest BCUT2D eigenvalue weighted by Gasteiger charge is -2.58. The summed E-state index contributed by atoms with van der Waals surface area (Å²) in [5.41, 5.74) is 3.06. The number of ether oxygens (including phenoxy) is 2. The Hall–Kier alpha value is -2.79. The highest BCUT2D eigenvalue weighted by atomic mass is 16.5. The Balaban J connectivity index is 1.20. The maximum Gasteiger partial charge on any atom is 0.250 e. The van der Waals surface area contributed by atoms with Crippen molar-refractivity contribution in [3.05, 3.63) is 65.2 Å². The quantitative estimate of drug-likeness (QED) is 0.503. The number of hydrogen-bond donors (Lipinski definition) is 0. The van der Waals surface area contributed by atoms with E-state index in [0.29, 0.717) is 37.1 Å². The van der Waals surface area contributed by atoms with Crippen LogP contribution in [0.25, 0.3) is 6.08 Å². The van der Waals surface area contributed by atoms with E-state index < -0.39 is 0 Å². The van der Waals surface area contributed by atoms with E-state index in [9.17, 15) is 4.79 Å². The summed E-state index contributed by atoms with van der Waals surface area (Å²) in [7, 11) is 0. The van der Waals surface area contributed by atoms with Crippen molar-refractivity contribution in [3.8, 4) is 11.5 Å². The third-order valence-electron chi connectivity index (χ3n) is 8.76. The van der Waals surface area contributed by atoms with E-state index in [1.165, 1.54) is 38.8 Å². The second-order valence-corrected chi connectivity index (χ2v) is 10.9. The molecule has 36 heavy (non-hydrogen) atoms. The maximum absolute atomic E-state index is 13.7. The first-order chi connectivity index (χ1) is 17.7. The van der Waals surface area contributed by atoms with Crippen LogP contribution in [-0.2, 0) is 11.4 Å². The molecule has 4 fully saturated rings. The van der Waals surface area contributed by atoms with Crippen molar-refractivity contribution in [3.63, 3.8) is 0 Å². The molecule has 4 aliphatic rings. The van der Waals surface area contributed by atoms with Crippen molar-refractivity contribution in [2.75, 3.05) is 26.2 Å². The SMILES string of the molecule is CCOc1cc(/C=C2\CC[C@@H]3[C@H]4CCCN5CCC[C@H](CN3C2=O)[C@@H]45)ccc1OCc1ccccc1. The van der Waals surface area contributed by atoms with Crippen molar-refractivity contribution in [2.24, 2.45) is 11.8 Å². The van der Waals surface area contributed by atoms with Crippen LogP contribution in [0, 0.1) is 11.8 Å². The lowest BCUT2D eigenvalue weighted by atomic mass is 9.67. The number of piperidine rings is 4. The van der Waals surface area contributed by atoms with Crippen LogP contribution in [0.1, 0.15) is 56.6 Å². The van der Waals surface area contributed by atoms with Gasteiger partial charge in [-0.25, -0.2) is 0 Å². The van der Waals surface area contributed by atoms with Gasteiger partial charge in [-0.15, -0.1) is 0 Å². The third-order valence-corrected chi connectivity index (χ3v) is 8.76. The Morgan fingerprint density at radius 1 is 0.972 bits per heavy atom. The van der Waals surface area contributed by atoms with E-state index in [1.807, 2.05) is 43.3 Å². The molecule has 190 valence electrons. The zero-order valence-corrected chi connectivity index (χ0v) is 21.4. The molecule has 4 aliphatic heterocycles. The molecule has 0 aliphatic carbocycles. The predicted octanol–water partition coefficient (Wildman–Crippen LogP) is 5.54. The summed E-state index contributed by atoms with van der Waals surface area (Å²) in [6.07, 6.45) is 9.17.